The van der Waals surface area contributed by atoms with E-state index in [1.807, 2.05) is 13.8 Å². The van der Waals surface area contributed by atoms with E-state index in [0.29, 0.717) is 12.0 Å². The van der Waals surface area contributed by atoms with Gasteiger partial charge >= 0.3 is 0 Å². The number of hydrogen-bond donors (Lipinski definition) is 2. The largest absolute Gasteiger partial charge is 0.389 e. The van der Waals surface area contributed by atoms with Gasteiger partial charge in [-0.2, -0.15) is 0 Å². The molecule has 0 aromatic heterocycles. The van der Waals surface area contributed by atoms with Crippen LogP contribution in [-0.2, 0) is 0 Å². The predicted octanol–water partition coefficient (Wildman–Crippen LogP) is 2.74. The fourth-order valence-corrected chi connectivity index (χ4v) is 3.76. The van der Waals surface area contributed by atoms with Gasteiger partial charge in [-0.25, -0.2) is 0 Å². The maximum absolute atomic E-state index is 9.97. The van der Waals surface area contributed by atoms with Crippen molar-refractivity contribution >= 4 is 0 Å². The van der Waals surface area contributed by atoms with E-state index in [-0.39, 0.29) is 0 Å². The molecule has 1 aliphatic carbocycles. The Balaban J connectivity index is 2.59. The normalized spacial score (nSPS) is 28.4. The van der Waals surface area contributed by atoms with Crippen LogP contribution >= 0.6 is 0 Å². The molecule has 0 saturated heterocycles. The average Bonchev–Trinajstić information content (AvgIpc) is 2.28. The Morgan fingerprint density at radius 2 is 1.95 bits per heavy atom. The first-order chi connectivity index (χ1) is 9.23. The van der Waals surface area contributed by atoms with Crippen LogP contribution in [-0.4, -0.2) is 48.3 Å². The first-order valence-electron chi connectivity index (χ1n) is 8.37. The molecule has 1 saturated carbocycles. The molecule has 20 heavy (non-hydrogen) atoms. The molecule has 3 nitrogen and oxygen atoms in total. The Hall–Kier alpha value is -0.120. The molecule has 3 unspecified atom stereocenters. The minimum Gasteiger partial charge on any atom is -0.389 e. The maximum Gasteiger partial charge on any atom is 0.0718 e. The number of nitrogens with zero attached hydrogens (tertiary/aromatic N) is 1. The summed E-state index contributed by atoms with van der Waals surface area (Å²) in [6.45, 7) is 13.6. The van der Waals surface area contributed by atoms with Crippen molar-refractivity contribution in [3.8, 4) is 0 Å². The van der Waals surface area contributed by atoms with Gasteiger partial charge in [-0.15, -0.1) is 0 Å². The van der Waals surface area contributed by atoms with Gasteiger partial charge in [0.05, 0.1) is 5.60 Å². The van der Waals surface area contributed by atoms with E-state index in [0.717, 1.165) is 31.5 Å². The predicted molar refractivity (Wildman–Crippen MR) is 86.9 cm³/mol. The van der Waals surface area contributed by atoms with Crippen LogP contribution in [0, 0.1) is 17.8 Å². The highest BCUT2D eigenvalue weighted by molar-refractivity contribution is 4.87. The zero-order valence-corrected chi connectivity index (χ0v) is 14.4. The summed E-state index contributed by atoms with van der Waals surface area (Å²) in [7, 11) is 2.14. The summed E-state index contributed by atoms with van der Waals surface area (Å²) in [5, 5.41) is 13.6. The molecule has 1 fully saturated rings. The standard InChI is InChI=1S/C17H36N2O/c1-7-18-16-9-8-14(13(2)3)10-15(16)11-19(6)12-17(4,5)20/h13-16,18,20H,7-12H2,1-6H3. The molecule has 1 rings (SSSR count). The summed E-state index contributed by atoms with van der Waals surface area (Å²) in [5.74, 6) is 2.37. The van der Waals surface area contributed by atoms with Gasteiger partial charge in [0.2, 0.25) is 0 Å². The van der Waals surface area contributed by atoms with Crippen molar-refractivity contribution in [2.45, 2.75) is 65.5 Å². The van der Waals surface area contributed by atoms with Gasteiger partial charge < -0.3 is 15.3 Å². The van der Waals surface area contributed by atoms with Gasteiger partial charge in [0, 0.05) is 19.1 Å². The molecule has 0 aromatic carbocycles. The molecule has 3 atom stereocenters. The molecule has 0 aliphatic heterocycles. The minimum atomic E-state index is -0.603. The van der Waals surface area contributed by atoms with Crippen LogP contribution in [0.15, 0.2) is 0 Å². The van der Waals surface area contributed by atoms with Crippen LogP contribution in [0.3, 0.4) is 0 Å². The van der Waals surface area contributed by atoms with Crippen LogP contribution in [0.5, 0.6) is 0 Å². The van der Waals surface area contributed by atoms with Crippen molar-refractivity contribution in [1.82, 2.24) is 10.2 Å². The van der Waals surface area contributed by atoms with Gasteiger partial charge in [0.25, 0.3) is 0 Å². The van der Waals surface area contributed by atoms with E-state index in [4.69, 9.17) is 0 Å². The lowest BCUT2D eigenvalue weighted by atomic mass is 9.73. The van der Waals surface area contributed by atoms with E-state index in [1.54, 1.807) is 0 Å². The highest BCUT2D eigenvalue weighted by Crippen LogP contribution is 2.34. The lowest BCUT2D eigenvalue weighted by Crippen LogP contribution is -2.47. The third kappa shape index (κ3) is 6.11. The number of rotatable bonds is 7. The van der Waals surface area contributed by atoms with Crippen LogP contribution in [0.2, 0.25) is 0 Å². The van der Waals surface area contributed by atoms with Crippen LogP contribution in [0.1, 0.15) is 53.9 Å². The molecule has 0 bridgehead atoms. The van der Waals surface area contributed by atoms with Crippen molar-refractivity contribution < 1.29 is 5.11 Å². The van der Waals surface area contributed by atoms with Crippen molar-refractivity contribution in [2.75, 3.05) is 26.7 Å². The maximum atomic E-state index is 9.97. The Labute approximate surface area is 126 Å². The van der Waals surface area contributed by atoms with E-state index in [1.165, 1.54) is 19.3 Å². The molecule has 3 heteroatoms. The minimum absolute atomic E-state index is 0.603. The van der Waals surface area contributed by atoms with Crippen molar-refractivity contribution in [3.05, 3.63) is 0 Å². The summed E-state index contributed by atoms with van der Waals surface area (Å²) in [4.78, 5) is 2.30. The summed E-state index contributed by atoms with van der Waals surface area (Å²) in [6.07, 6.45) is 3.99. The topological polar surface area (TPSA) is 35.5 Å². The number of likely N-dealkylation sites (N-methyl/N-ethyl adjacent to an activating group) is 1. The van der Waals surface area contributed by atoms with E-state index < -0.39 is 5.60 Å². The first kappa shape index (κ1) is 17.9. The van der Waals surface area contributed by atoms with E-state index in [9.17, 15) is 5.11 Å². The van der Waals surface area contributed by atoms with E-state index >= 15 is 0 Å². The fourth-order valence-electron chi connectivity index (χ4n) is 3.76. The molecule has 0 aromatic rings. The second-order valence-corrected chi connectivity index (χ2v) is 7.75. The second-order valence-electron chi connectivity index (χ2n) is 7.75. The van der Waals surface area contributed by atoms with Gasteiger partial charge in [-0.05, 0) is 64.5 Å². The highest BCUT2D eigenvalue weighted by Gasteiger charge is 2.32. The van der Waals surface area contributed by atoms with E-state index in [2.05, 4.69) is 38.0 Å². The smallest absolute Gasteiger partial charge is 0.0718 e. The lowest BCUT2D eigenvalue weighted by molar-refractivity contribution is 0.0321. The lowest BCUT2D eigenvalue weighted by Gasteiger charge is -2.40. The Morgan fingerprint density at radius 1 is 1.30 bits per heavy atom. The molecular weight excluding hydrogens is 248 g/mol. The van der Waals surface area contributed by atoms with Crippen molar-refractivity contribution in [1.29, 1.82) is 0 Å². The molecule has 1 aliphatic rings. The summed E-state index contributed by atoms with van der Waals surface area (Å²) in [5.41, 5.74) is -0.603. The van der Waals surface area contributed by atoms with Crippen molar-refractivity contribution in [3.63, 3.8) is 0 Å². The summed E-state index contributed by atoms with van der Waals surface area (Å²) < 4.78 is 0. The Morgan fingerprint density at radius 3 is 2.45 bits per heavy atom. The molecule has 0 spiro atoms. The quantitative estimate of drug-likeness (QED) is 0.754. The third-order valence-electron chi connectivity index (χ3n) is 4.64. The van der Waals surface area contributed by atoms with Gasteiger partial charge in [-0.3, -0.25) is 0 Å². The van der Waals surface area contributed by atoms with Gasteiger partial charge in [0.15, 0.2) is 0 Å². The summed E-state index contributed by atoms with van der Waals surface area (Å²) in [6, 6.07) is 0.652. The van der Waals surface area contributed by atoms with Crippen LogP contribution in [0.25, 0.3) is 0 Å². The van der Waals surface area contributed by atoms with Crippen molar-refractivity contribution in [2.24, 2.45) is 17.8 Å². The van der Waals surface area contributed by atoms with Crippen LogP contribution in [0.4, 0.5) is 0 Å². The SMILES string of the molecule is CCNC1CCC(C(C)C)CC1CN(C)CC(C)(C)O. The van der Waals surface area contributed by atoms with Gasteiger partial charge in [0.1, 0.15) is 0 Å². The molecule has 0 amide bonds. The van der Waals surface area contributed by atoms with Gasteiger partial charge in [-0.1, -0.05) is 20.8 Å². The zero-order valence-electron chi connectivity index (χ0n) is 14.4. The fraction of sp³-hybridized carbons (Fsp3) is 1.00. The first-order valence-corrected chi connectivity index (χ1v) is 8.37. The second kappa shape index (κ2) is 7.77. The molecular formula is C17H36N2O. The average molecular weight is 284 g/mol. The number of hydrogen-bond acceptors (Lipinski definition) is 3. The van der Waals surface area contributed by atoms with Crippen LogP contribution < -0.4 is 5.32 Å². The molecule has 2 N–H and O–H groups in total. The molecule has 0 radical (unpaired) electrons. The summed E-state index contributed by atoms with van der Waals surface area (Å²) >= 11 is 0. The number of aliphatic hydroxyl groups is 1. The third-order valence-corrected chi connectivity index (χ3v) is 4.64. The Kier molecular flexibility index (Phi) is 6.96. The number of nitrogens with one attached hydrogen (secondary N) is 1. The Bertz CT molecular complexity index is 273. The molecule has 120 valence electrons. The zero-order chi connectivity index (χ0) is 15.3. The monoisotopic (exact) mass is 284 g/mol. The highest BCUT2D eigenvalue weighted by atomic mass is 16.3. The molecule has 0 heterocycles.